The van der Waals surface area contributed by atoms with Gasteiger partial charge in [0.2, 0.25) is 5.91 Å². The molecule has 0 aromatic carbocycles. The Morgan fingerprint density at radius 2 is 2.19 bits per heavy atom. The molecular formula is C12H21N3O. The van der Waals surface area contributed by atoms with Crippen LogP contribution in [-0.4, -0.2) is 50.6 Å². The molecule has 2 N–H and O–H groups in total. The summed E-state index contributed by atoms with van der Waals surface area (Å²) in [5, 5.41) is 5.81. The second-order valence-electron chi connectivity index (χ2n) is 4.36. The van der Waals surface area contributed by atoms with Gasteiger partial charge in [0.05, 0.1) is 13.1 Å². The third-order valence-corrected chi connectivity index (χ3v) is 2.94. The number of hydrogen-bond donors (Lipinski definition) is 2. The molecule has 0 radical (unpaired) electrons. The Morgan fingerprint density at radius 3 is 2.81 bits per heavy atom. The fraction of sp³-hybridized carbons (Fsp3) is 0.750. The van der Waals surface area contributed by atoms with E-state index in [1.807, 2.05) is 0 Å². The van der Waals surface area contributed by atoms with Gasteiger partial charge in [-0.3, -0.25) is 10.1 Å². The largest absolute Gasteiger partial charge is 0.355 e. The van der Waals surface area contributed by atoms with E-state index in [4.69, 9.17) is 6.42 Å². The van der Waals surface area contributed by atoms with Crippen molar-refractivity contribution in [3.8, 4) is 12.3 Å². The zero-order chi connectivity index (χ0) is 11.8. The average molecular weight is 223 g/mol. The summed E-state index contributed by atoms with van der Waals surface area (Å²) >= 11 is 0. The van der Waals surface area contributed by atoms with E-state index in [1.165, 1.54) is 12.8 Å². The molecule has 1 rings (SSSR count). The summed E-state index contributed by atoms with van der Waals surface area (Å²) < 4.78 is 0. The van der Waals surface area contributed by atoms with Crippen LogP contribution in [0.2, 0.25) is 0 Å². The molecule has 1 heterocycles. The number of nitrogens with one attached hydrogen (secondary N) is 2. The standard InChI is InChI=1S/C12H21N3O/c1-3-6-13-10-12(16)14-9-11-4-7-15(2)8-5-11/h1,11,13H,4-10H2,2H3,(H,14,16). The van der Waals surface area contributed by atoms with Gasteiger partial charge in [0, 0.05) is 6.54 Å². The summed E-state index contributed by atoms with van der Waals surface area (Å²) in [6.07, 6.45) is 7.42. The van der Waals surface area contributed by atoms with Crippen LogP contribution in [0.1, 0.15) is 12.8 Å². The molecule has 0 saturated carbocycles. The van der Waals surface area contributed by atoms with Gasteiger partial charge in [0.1, 0.15) is 0 Å². The van der Waals surface area contributed by atoms with Crippen LogP contribution in [0, 0.1) is 18.3 Å². The van der Waals surface area contributed by atoms with Gasteiger partial charge >= 0.3 is 0 Å². The number of nitrogens with zero attached hydrogens (tertiary/aromatic N) is 1. The first kappa shape index (κ1) is 13.0. The number of rotatable bonds is 5. The minimum Gasteiger partial charge on any atom is -0.355 e. The number of carbonyl (C=O) groups excluding carboxylic acids is 1. The molecule has 0 atom stereocenters. The Labute approximate surface area is 97.8 Å². The molecule has 0 aromatic heterocycles. The average Bonchev–Trinajstić information content (AvgIpc) is 2.29. The van der Waals surface area contributed by atoms with Gasteiger partial charge in [-0.15, -0.1) is 6.42 Å². The van der Waals surface area contributed by atoms with Gasteiger partial charge in [-0.25, -0.2) is 0 Å². The number of piperidine rings is 1. The van der Waals surface area contributed by atoms with E-state index >= 15 is 0 Å². The van der Waals surface area contributed by atoms with Crippen molar-refractivity contribution in [2.24, 2.45) is 5.92 Å². The van der Waals surface area contributed by atoms with Crippen molar-refractivity contribution in [3.63, 3.8) is 0 Å². The molecule has 1 fully saturated rings. The first-order valence-corrected chi connectivity index (χ1v) is 5.81. The van der Waals surface area contributed by atoms with Crippen molar-refractivity contribution in [1.82, 2.24) is 15.5 Å². The van der Waals surface area contributed by atoms with Crippen LogP contribution in [0.4, 0.5) is 0 Å². The van der Waals surface area contributed by atoms with Crippen LogP contribution in [0.15, 0.2) is 0 Å². The van der Waals surface area contributed by atoms with E-state index in [-0.39, 0.29) is 5.91 Å². The Morgan fingerprint density at radius 1 is 1.50 bits per heavy atom. The second kappa shape index (κ2) is 7.26. The predicted octanol–water partition coefficient (Wildman–Crippen LogP) is -0.333. The zero-order valence-corrected chi connectivity index (χ0v) is 9.96. The molecule has 0 aliphatic carbocycles. The molecular weight excluding hydrogens is 202 g/mol. The summed E-state index contributed by atoms with van der Waals surface area (Å²) in [7, 11) is 2.14. The highest BCUT2D eigenvalue weighted by Gasteiger charge is 2.16. The number of terminal acetylenes is 1. The van der Waals surface area contributed by atoms with Gasteiger partial charge in [-0.05, 0) is 38.9 Å². The van der Waals surface area contributed by atoms with Crippen molar-refractivity contribution in [3.05, 3.63) is 0 Å². The van der Waals surface area contributed by atoms with Crippen molar-refractivity contribution < 1.29 is 4.79 Å². The lowest BCUT2D eigenvalue weighted by Gasteiger charge is -2.28. The van der Waals surface area contributed by atoms with E-state index < -0.39 is 0 Å². The van der Waals surface area contributed by atoms with Crippen LogP contribution in [0.5, 0.6) is 0 Å². The highest BCUT2D eigenvalue weighted by Crippen LogP contribution is 2.14. The molecule has 1 amide bonds. The van der Waals surface area contributed by atoms with Gasteiger partial charge in [-0.1, -0.05) is 5.92 Å². The third-order valence-electron chi connectivity index (χ3n) is 2.94. The van der Waals surface area contributed by atoms with Crippen molar-refractivity contribution in [2.75, 3.05) is 39.8 Å². The summed E-state index contributed by atoms with van der Waals surface area (Å²) in [4.78, 5) is 13.7. The Kier molecular flexibility index (Phi) is 5.91. The number of hydrogen-bond acceptors (Lipinski definition) is 3. The van der Waals surface area contributed by atoms with E-state index in [2.05, 4.69) is 28.5 Å². The molecule has 1 aliphatic rings. The predicted molar refractivity (Wildman–Crippen MR) is 64.9 cm³/mol. The normalized spacial score (nSPS) is 18.0. The van der Waals surface area contributed by atoms with Gasteiger partial charge in [0.15, 0.2) is 0 Å². The third kappa shape index (κ3) is 5.15. The SMILES string of the molecule is C#CCNCC(=O)NCC1CCN(C)CC1. The van der Waals surface area contributed by atoms with Crippen molar-refractivity contribution in [1.29, 1.82) is 0 Å². The van der Waals surface area contributed by atoms with Crippen molar-refractivity contribution >= 4 is 5.91 Å². The summed E-state index contributed by atoms with van der Waals surface area (Å²) in [6, 6.07) is 0. The van der Waals surface area contributed by atoms with E-state index in [0.717, 1.165) is 19.6 Å². The molecule has 1 saturated heterocycles. The monoisotopic (exact) mass is 223 g/mol. The minimum absolute atomic E-state index is 0.0363. The smallest absolute Gasteiger partial charge is 0.233 e. The Balaban J connectivity index is 2.05. The van der Waals surface area contributed by atoms with Crippen LogP contribution in [0.3, 0.4) is 0 Å². The lowest BCUT2D eigenvalue weighted by molar-refractivity contribution is -0.120. The topological polar surface area (TPSA) is 44.4 Å². The lowest BCUT2D eigenvalue weighted by Crippen LogP contribution is -2.40. The Hall–Kier alpha value is -1.05. The van der Waals surface area contributed by atoms with Crippen LogP contribution >= 0.6 is 0 Å². The van der Waals surface area contributed by atoms with E-state index in [9.17, 15) is 4.79 Å². The lowest BCUT2D eigenvalue weighted by atomic mass is 9.97. The molecule has 4 nitrogen and oxygen atoms in total. The molecule has 16 heavy (non-hydrogen) atoms. The van der Waals surface area contributed by atoms with E-state index in [0.29, 0.717) is 19.0 Å². The molecule has 1 aliphatic heterocycles. The van der Waals surface area contributed by atoms with Gasteiger partial charge < -0.3 is 10.2 Å². The highest BCUT2D eigenvalue weighted by atomic mass is 16.1. The van der Waals surface area contributed by atoms with Crippen LogP contribution < -0.4 is 10.6 Å². The number of amides is 1. The first-order valence-electron chi connectivity index (χ1n) is 5.81. The zero-order valence-electron chi connectivity index (χ0n) is 9.96. The maximum Gasteiger partial charge on any atom is 0.233 e. The van der Waals surface area contributed by atoms with Crippen LogP contribution in [0.25, 0.3) is 0 Å². The van der Waals surface area contributed by atoms with E-state index in [1.54, 1.807) is 0 Å². The fourth-order valence-corrected chi connectivity index (χ4v) is 1.84. The highest BCUT2D eigenvalue weighted by molar-refractivity contribution is 5.77. The summed E-state index contributed by atoms with van der Waals surface area (Å²) in [6.45, 7) is 3.83. The molecule has 90 valence electrons. The number of likely N-dealkylation sites (tertiary alicyclic amines) is 1. The fourth-order valence-electron chi connectivity index (χ4n) is 1.84. The maximum atomic E-state index is 11.4. The Bertz CT molecular complexity index is 251. The van der Waals surface area contributed by atoms with Gasteiger partial charge in [-0.2, -0.15) is 0 Å². The molecule has 0 spiro atoms. The van der Waals surface area contributed by atoms with Crippen LogP contribution in [-0.2, 0) is 4.79 Å². The molecule has 0 bridgehead atoms. The summed E-state index contributed by atoms with van der Waals surface area (Å²) in [5.74, 6) is 3.11. The quantitative estimate of drug-likeness (QED) is 0.495. The molecule has 4 heteroatoms. The first-order chi connectivity index (χ1) is 7.72. The maximum absolute atomic E-state index is 11.4. The molecule has 0 aromatic rings. The van der Waals surface area contributed by atoms with Gasteiger partial charge in [0.25, 0.3) is 0 Å². The minimum atomic E-state index is 0.0363. The second-order valence-corrected chi connectivity index (χ2v) is 4.36. The number of carbonyl (C=O) groups is 1. The molecule has 0 unspecified atom stereocenters. The summed E-state index contributed by atoms with van der Waals surface area (Å²) in [5.41, 5.74) is 0. The van der Waals surface area contributed by atoms with Crippen molar-refractivity contribution in [2.45, 2.75) is 12.8 Å².